The van der Waals surface area contributed by atoms with Crippen molar-refractivity contribution in [2.75, 3.05) is 83.4 Å². The van der Waals surface area contributed by atoms with Gasteiger partial charge in [0.25, 0.3) is 5.91 Å². The number of carbonyl (C=O) groups excluding carboxylic acids is 4. The highest BCUT2D eigenvalue weighted by atomic mass is 35.5. The van der Waals surface area contributed by atoms with E-state index in [4.69, 9.17) is 21.3 Å². The van der Waals surface area contributed by atoms with Crippen LogP contribution < -0.4 is 25.6 Å². The molecule has 1 unspecified atom stereocenters. The molecule has 4 amide bonds. The molecule has 0 spiro atoms. The number of benzene rings is 2. The Labute approximate surface area is 450 Å². The maximum absolute atomic E-state index is 14.3. The van der Waals surface area contributed by atoms with Crippen LogP contribution in [0.3, 0.4) is 0 Å². The van der Waals surface area contributed by atoms with Crippen LogP contribution >= 0.6 is 22.9 Å². The fourth-order valence-electron chi connectivity index (χ4n) is 11.6. The van der Waals surface area contributed by atoms with Gasteiger partial charge in [0.05, 0.1) is 50.9 Å². The van der Waals surface area contributed by atoms with Crippen LogP contribution in [0.5, 0.6) is 5.75 Å². The van der Waals surface area contributed by atoms with Gasteiger partial charge >= 0.3 is 0 Å². The Bertz CT molecular complexity index is 2710. The molecule has 75 heavy (non-hydrogen) atoms. The van der Waals surface area contributed by atoms with E-state index in [-0.39, 0.29) is 72.2 Å². The van der Waals surface area contributed by atoms with E-state index in [0.717, 1.165) is 93.0 Å². The van der Waals surface area contributed by atoms with Crippen LogP contribution in [0.1, 0.15) is 95.0 Å². The number of halogens is 1. The fourth-order valence-corrected chi connectivity index (χ4v) is 12.6. The zero-order valence-electron chi connectivity index (χ0n) is 44.9. The number of likely N-dealkylation sites (tertiary alicyclic amines) is 1. The molecule has 4 fully saturated rings. The minimum absolute atomic E-state index is 0.0138. The highest BCUT2D eigenvalue weighted by Gasteiger charge is 2.64. The van der Waals surface area contributed by atoms with Gasteiger partial charge in [-0.05, 0) is 54.7 Å². The summed E-state index contributed by atoms with van der Waals surface area (Å²) in [6.45, 7) is 26.5. The van der Waals surface area contributed by atoms with Gasteiger partial charge in [-0.15, -0.1) is 11.3 Å². The van der Waals surface area contributed by atoms with Crippen molar-refractivity contribution in [3.63, 3.8) is 0 Å². The zero-order valence-corrected chi connectivity index (χ0v) is 46.4. The Morgan fingerprint density at radius 3 is 2.11 bits per heavy atom. The molecule has 3 aliphatic heterocycles. The van der Waals surface area contributed by atoms with Crippen molar-refractivity contribution in [1.82, 2.24) is 45.5 Å². The Hall–Kier alpha value is -5.68. The molecule has 4 aromatic rings. The van der Waals surface area contributed by atoms with Crippen LogP contribution in [0.25, 0.3) is 10.4 Å². The molecule has 0 bridgehead atoms. The van der Waals surface area contributed by atoms with E-state index in [1.54, 1.807) is 35.7 Å². The maximum atomic E-state index is 14.3. The topological polar surface area (TPSA) is 200 Å². The monoisotopic (exact) mass is 1060 g/mol. The first-order chi connectivity index (χ1) is 35.5. The van der Waals surface area contributed by atoms with Crippen molar-refractivity contribution >= 4 is 52.4 Å². The van der Waals surface area contributed by atoms with Gasteiger partial charge in [-0.2, -0.15) is 5.26 Å². The number of amides is 4. The van der Waals surface area contributed by atoms with Gasteiger partial charge in [-0.25, -0.2) is 9.97 Å². The van der Waals surface area contributed by atoms with Crippen LogP contribution in [-0.2, 0) is 14.4 Å². The number of rotatable bonds is 16. The number of thiazole rings is 1. The van der Waals surface area contributed by atoms with Crippen LogP contribution in [-0.4, -0.2) is 167 Å². The minimum Gasteiger partial charge on any atom is -0.489 e. The molecule has 3 saturated heterocycles. The molecular formula is C56H74ClN11O6S. The number of nitrogens with zero attached hydrogens (tertiary/aromatic N) is 8. The zero-order chi connectivity index (χ0) is 54.0. The number of anilines is 1. The molecular weight excluding hydrogens is 990 g/mol. The van der Waals surface area contributed by atoms with Crippen molar-refractivity contribution in [3.05, 3.63) is 93.7 Å². The van der Waals surface area contributed by atoms with Crippen molar-refractivity contribution < 1.29 is 29.0 Å². The Morgan fingerprint density at radius 2 is 1.53 bits per heavy atom. The predicted octanol–water partition coefficient (Wildman–Crippen LogP) is 5.76. The lowest BCUT2D eigenvalue weighted by Crippen LogP contribution is -2.74. The summed E-state index contributed by atoms with van der Waals surface area (Å²) in [6, 6.07) is 16.6. The number of aliphatic hydroxyl groups is 1. The van der Waals surface area contributed by atoms with E-state index in [1.807, 2.05) is 76.5 Å². The summed E-state index contributed by atoms with van der Waals surface area (Å²) in [6.07, 6.45) is 0.712. The highest BCUT2D eigenvalue weighted by molar-refractivity contribution is 7.13. The standard InChI is InChI=1S/C56H74ClN11O6S/c1-35(37-10-12-38(13-11-37)47-36(2)60-34-75-47)61-50(72)44-28-41(69)32-68(44)51(73)48(54(3,4)5)62-46(70)33-66-22-20-64(21-23-66)18-19-65-24-26-67(27-25-65)45-17-15-40(31-59-45)49(71)63-52-55(6,7)53(56(52,8)9)74-42-16-14-39(30-58)43(57)29-42/h10-17,29,31,34-35,41,44,48,52-53,69H,18-28,32-33H2,1-9H3,(H,61,72)(H,62,70)(H,63,71)/t35-,41+,44-,48?,52?,53?/m0/s1. The summed E-state index contributed by atoms with van der Waals surface area (Å²) < 4.78 is 6.39. The lowest BCUT2D eigenvalue weighted by Gasteiger charge is -2.63. The van der Waals surface area contributed by atoms with E-state index >= 15 is 0 Å². The van der Waals surface area contributed by atoms with Crippen LogP contribution in [0.2, 0.25) is 5.02 Å². The number of hydrogen-bond donors (Lipinski definition) is 4. The molecule has 0 radical (unpaired) electrons. The second-order valence-electron chi connectivity index (χ2n) is 23.0. The Balaban J connectivity index is 0.743. The van der Waals surface area contributed by atoms with E-state index in [2.05, 4.69) is 74.3 Å². The minimum atomic E-state index is -0.896. The average molecular weight is 1060 g/mol. The number of aliphatic hydroxyl groups excluding tert-OH is 1. The lowest BCUT2D eigenvalue weighted by atomic mass is 9.49. The van der Waals surface area contributed by atoms with E-state index in [0.29, 0.717) is 21.9 Å². The van der Waals surface area contributed by atoms with Gasteiger partial charge in [0.1, 0.15) is 35.8 Å². The summed E-state index contributed by atoms with van der Waals surface area (Å²) in [5, 5.41) is 29.7. The number of ether oxygens (including phenoxy) is 1. The highest BCUT2D eigenvalue weighted by Crippen LogP contribution is 2.55. The number of nitrogens with one attached hydrogen (secondary N) is 3. The maximum Gasteiger partial charge on any atom is 0.253 e. The number of β-amino-alcohol motifs (C(OH)–C–C–N with tert-alkyl or cyclic N) is 1. The van der Waals surface area contributed by atoms with Crippen molar-refractivity contribution in [2.45, 2.75) is 105 Å². The molecule has 4 aliphatic rings. The molecule has 2 aromatic heterocycles. The molecule has 17 nitrogen and oxygen atoms in total. The van der Waals surface area contributed by atoms with Gasteiger partial charge in [-0.3, -0.25) is 33.9 Å². The third-order valence-corrected chi connectivity index (χ3v) is 17.1. The normalized spacial score (nSPS) is 22.9. The molecule has 5 heterocycles. The third-order valence-electron chi connectivity index (χ3n) is 15.8. The molecule has 402 valence electrons. The summed E-state index contributed by atoms with van der Waals surface area (Å²) in [7, 11) is 0. The lowest BCUT2D eigenvalue weighted by molar-refractivity contribution is -0.164. The predicted molar refractivity (Wildman–Crippen MR) is 292 cm³/mol. The van der Waals surface area contributed by atoms with Gasteiger partial charge < -0.3 is 35.6 Å². The summed E-state index contributed by atoms with van der Waals surface area (Å²) >= 11 is 7.85. The third kappa shape index (κ3) is 12.6. The second-order valence-corrected chi connectivity index (χ2v) is 24.3. The van der Waals surface area contributed by atoms with Crippen LogP contribution in [0, 0.1) is 34.5 Å². The molecule has 19 heteroatoms. The fraction of sp³-hybridized carbons (Fsp3) is 0.554. The average Bonchev–Trinajstić information content (AvgIpc) is 4.00. The molecule has 8 rings (SSSR count). The first-order valence-corrected chi connectivity index (χ1v) is 27.4. The number of hydrogen-bond acceptors (Lipinski definition) is 14. The van der Waals surface area contributed by atoms with Crippen molar-refractivity contribution in [1.29, 1.82) is 5.26 Å². The number of aromatic nitrogens is 2. The van der Waals surface area contributed by atoms with Crippen molar-refractivity contribution in [2.24, 2.45) is 16.2 Å². The summed E-state index contributed by atoms with van der Waals surface area (Å²) in [4.78, 5) is 76.1. The number of aryl methyl sites for hydroxylation is 1. The van der Waals surface area contributed by atoms with E-state index in [1.165, 1.54) is 4.90 Å². The van der Waals surface area contributed by atoms with Crippen LogP contribution in [0.4, 0.5) is 5.82 Å². The number of pyridine rings is 1. The van der Waals surface area contributed by atoms with Crippen molar-refractivity contribution in [3.8, 4) is 22.3 Å². The second kappa shape index (κ2) is 22.9. The number of nitriles is 1. The summed E-state index contributed by atoms with van der Waals surface area (Å²) in [5.41, 5.74) is 4.24. The van der Waals surface area contributed by atoms with E-state index < -0.39 is 23.6 Å². The number of piperazine rings is 2. The number of carbonyl (C=O) groups is 4. The van der Waals surface area contributed by atoms with E-state index in [9.17, 15) is 29.5 Å². The van der Waals surface area contributed by atoms with Gasteiger partial charge in [0.15, 0.2) is 0 Å². The Kier molecular flexibility index (Phi) is 16.9. The first kappa shape index (κ1) is 55.5. The molecule has 1 aliphatic carbocycles. The summed E-state index contributed by atoms with van der Waals surface area (Å²) in [5.74, 6) is 0.284. The van der Waals surface area contributed by atoms with Gasteiger partial charge in [-0.1, -0.05) is 84.3 Å². The molecule has 4 N–H and O–H groups in total. The van der Waals surface area contributed by atoms with Gasteiger partial charge in [0, 0.05) is 108 Å². The van der Waals surface area contributed by atoms with Gasteiger partial charge in [0.2, 0.25) is 17.7 Å². The largest absolute Gasteiger partial charge is 0.489 e. The SMILES string of the molecule is Cc1ncsc1-c1ccc([C@H](C)NC(=O)[C@@H]2C[C@@H](O)CN2C(=O)C(NC(=O)CN2CCN(CCN3CCN(c4ccc(C(=O)NC5C(C)(C)C(Oc6ccc(C#N)c(Cl)c6)C5(C)C)cn4)CC3)CC2)C(C)(C)C)cc1. The Morgan fingerprint density at radius 1 is 0.893 bits per heavy atom. The molecule has 2 aromatic carbocycles. The molecule has 1 saturated carbocycles. The molecule has 4 atom stereocenters. The quantitative estimate of drug-likeness (QED) is 0.106. The first-order valence-electron chi connectivity index (χ1n) is 26.2. The van der Waals surface area contributed by atoms with Crippen LogP contribution in [0.15, 0.2) is 66.3 Å². The smallest absolute Gasteiger partial charge is 0.253 e.